The first-order chi connectivity index (χ1) is 14.3. The molecule has 1 N–H and O–H groups in total. The highest BCUT2D eigenvalue weighted by atomic mass is 16.1. The Bertz CT molecular complexity index is 926. The third kappa shape index (κ3) is 5.03. The molecule has 0 spiro atoms. The van der Waals surface area contributed by atoms with E-state index in [2.05, 4.69) is 27.0 Å². The summed E-state index contributed by atoms with van der Waals surface area (Å²) >= 11 is 0. The molecular weight excluding hydrogens is 360 g/mol. The van der Waals surface area contributed by atoms with Crippen molar-refractivity contribution >= 4 is 17.1 Å². The number of hydrogen-bond donors (Lipinski definition) is 1. The molecule has 2 aromatic heterocycles. The van der Waals surface area contributed by atoms with Gasteiger partial charge in [0.15, 0.2) is 5.65 Å². The van der Waals surface area contributed by atoms with Gasteiger partial charge in [0.05, 0.1) is 0 Å². The predicted octanol–water partition coefficient (Wildman–Crippen LogP) is 4.97. The number of carbonyl (C=O) groups is 1. The Kier molecular flexibility index (Phi) is 6.55. The molecule has 0 bridgehead atoms. The van der Waals surface area contributed by atoms with Gasteiger partial charge in [-0.2, -0.15) is 0 Å². The van der Waals surface area contributed by atoms with Crippen molar-refractivity contribution < 1.29 is 4.79 Å². The predicted molar refractivity (Wildman–Crippen MR) is 116 cm³/mol. The quantitative estimate of drug-likeness (QED) is 0.646. The largest absolute Gasteiger partial charge is 0.353 e. The van der Waals surface area contributed by atoms with Gasteiger partial charge in [-0.25, -0.2) is 9.97 Å². The Labute approximate surface area is 172 Å². The zero-order valence-corrected chi connectivity index (χ0v) is 17.0. The van der Waals surface area contributed by atoms with Gasteiger partial charge < -0.3 is 5.32 Å². The molecule has 1 aliphatic carbocycles. The number of pyridine rings is 1. The summed E-state index contributed by atoms with van der Waals surface area (Å²) in [6.07, 6.45) is 12.6. The molecule has 0 saturated heterocycles. The van der Waals surface area contributed by atoms with Crippen molar-refractivity contribution in [3.63, 3.8) is 0 Å². The lowest BCUT2D eigenvalue weighted by atomic mass is 9.96. The first-order valence-electron chi connectivity index (χ1n) is 11.0. The summed E-state index contributed by atoms with van der Waals surface area (Å²) in [6.45, 7) is 0. The van der Waals surface area contributed by atoms with Crippen LogP contribution in [0.4, 0.5) is 0 Å². The summed E-state index contributed by atoms with van der Waals surface area (Å²) in [5.41, 5.74) is 2.82. The minimum Gasteiger partial charge on any atom is -0.353 e. The van der Waals surface area contributed by atoms with Crippen molar-refractivity contribution in [1.82, 2.24) is 19.9 Å². The van der Waals surface area contributed by atoms with Crippen LogP contribution in [0.1, 0.15) is 63.6 Å². The molecule has 5 heteroatoms. The van der Waals surface area contributed by atoms with E-state index >= 15 is 0 Å². The van der Waals surface area contributed by atoms with Crippen LogP contribution in [0.3, 0.4) is 0 Å². The van der Waals surface area contributed by atoms with Crippen LogP contribution in [0.2, 0.25) is 0 Å². The first-order valence-corrected chi connectivity index (χ1v) is 11.0. The van der Waals surface area contributed by atoms with E-state index in [-0.39, 0.29) is 5.91 Å². The molecule has 0 radical (unpaired) electrons. The third-order valence-corrected chi connectivity index (χ3v) is 5.77. The van der Waals surface area contributed by atoms with Crippen LogP contribution in [0.15, 0.2) is 48.7 Å². The van der Waals surface area contributed by atoms with Gasteiger partial charge >= 0.3 is 0 Å². The van der Waals surface area contributed by atoms with Crippen molar-refractivity contribution in [1.29, 1.82) is 0 Å². The number of aryl methyl sites for hydroxylation is 1. The van der Waals surface area contributed by atoms with Crippen molar-refractivity contribution in [2.75, 3.05) is 0 Å². The summed E-state index contributed by atoms with van der Waals surface area (Å²) in [5, 5.41) is 3.27. The number of para-hydroxylation sites is 1. The number of rotatable bonds is 6. The molecule has 1 aromatic carbocycles. The van der Waals surface area contributed by atoms with Gasteiger partial charge in [-0.15, -0.1) is 0 Å². The second kappa shape index (κ2) is 9.68. The van der Waals surface area contributed by atoms with E-state index in [1.54, 1.807) is 6.20 Å². The van der Waals surface area contributed by atoms with Gasteiger partial charge in [0, 0.05) is 30.8 Å². The van der Waals surface area contributed by atoms with Crippen molar-refractivity contribution in [3.05, 3.63) is 54.5 Å². The summed E-state index contributed by atoms with van der Waals surface area (Å²) in [4.78, 5) is 21.8. The Morgan fingerprint density at radius 2 is 1.76 bits per heavy atom. The van der Waals surface area contributed by atoms with Crippen LogP contribution in [0, 0.1) is 0 Å². The van der Waals surface area contributed by atoms with Gasteiger partial charge in [-0.1, -0.05) is 50.3 Å². The highest BCUT2D eigenvalue weighted by Crippen LogP contribution is 2.21. The highest BCUT2D eigenvalue weighted by molar-refractivity contribution is 5.76. The Balaban J connectivity index is 1.40. The van der Waals surface area contributed by atoms with Crippen LogP contribution in [0.25, 0.3) is 16.9 Å². The fraction of sp³-hybridized carbons (Fsp3) is 0.458. The average Bonchev–Trinajstić information content (AvgIpc) is 3.09. The summed E-state index contributed by atoms with van der Waals surface area (Å²) < 4.78 is 2.11. The van der Waals surface area contributed by atoms with E-state index in [4.69, 9.17) is 4.98 Å². The Hall–Kier alpha value is -2.69. The van der Waals surface area contributed by atoms with Gasteiger partial charge in [0.25, 0.3) is 0 Å². The maximum Gasteiger partial charge on any atom is 0.220 e. The molecule has 3 aromatic rings. The molecular formula is C24H30N4O. The van der Waals surface area contributed by atoms with E-state index in [1.165, 1.54) is 32.1 Å². The van der Waals surface area contributed by atoms with Gasteiger partial charge in [-0.3, -0.25) is 9.36 Å². The zero-order valence-electron chi connectivity index (χ0n) is 17.0. The average molecular weight is 391 g/mol. The maximum atomic E-state index is 12.5. The lowest BCUT2D eigenvalue weighted by molar-refractivity contribution is -0.122. The van der Waals surface area contributed by atoms with Gasteiger partial charge in [0.2, 0.25) is 5.91 Å². The summed E-state index contributed by atoms with van der Waals surface area (Å²) in [5.74, 6) is 1.14. The number of nitrogens with zero attached hydrogens (tertiary/aromatic N) is 3. The monoisotopic (exact) mass is 390 g/mol. The Morgan fingerprint density at radius 3 is 2.55 bits per heavy atom. The van der Waals surface area contributed by atoms with Crippen molar-refractivity contribution in [2.24, 2.45) is 0 Å². The molecule has 2 heterocycles. The molecule has 4 rings (SSSR count). The van der Waals surface area contributed by atoms with Crippen LogP contribution in [-0.4, -0.2) is 26.5 Å². The van der Waals surface area contributed by atoms with Crippen LogP contribution in [0.5, 0.6) is 0 Å². The van der Waals surface area contributed by atoms with E-state index in [9.17, 15) is 4.79 Å². The molecule has 0 aliphatic heterocycles. The molecule has 1 amide bonds. The molecule has 1 aliphatic rings. The molecule has 152 valence electrons. The molecule has 0 atom stereocenters. The number of nitrogens with one attached hydrogen (secondary N) is 1. The first kappa shape index (κ1) is 19.6. The van der Waals surface area contributed by atoms with Gasteiger partial charge in [0.1, 0.15) is 11.3 Å². The number of benzene rings is 1. The minimum absolute atomic E-state index is 0.177. The van der Waals surface area contributed by atoms with E-state index in [0.717, 1.165) is 48.4 Å². The Morgan fingerprint density at radius 1 is 1.00 bits per heavy atom. The number of hydrogen-bond acceptors (Lipinski definition) is 3. The molecule has 5 nitrogen and oxygen atoms in total. The second-order valence-corrected chi connectivity index (χ2v) is 8.01. The van der Waals surface area contributed by atoms with Crippen molar-refractivity contribution in [3.8, 4) is 5.69 Å². The standard InChI is InChI=1S/C24H30N4O/c29-23(26-19-11-5-2-1-3-6-12-19)17-9-16-22-27-21-15-10-18-25-24(21)28(22)20-13-7-4-8-14-20/h4,7-8,10,13-15,18-19H,1-3,5-6,9,11-12,16-17H2,(H,26,29). The van der Waals surface area contributed by atoms with E-state index < -0.39 is 0 Å². The SMILES string of the molecule is O=C(CCCc1nc2cccnc2n1-c1ccccc1)NC1CCCCCCC1. The van der Waals surface area contributed by atoms with E-state index in [1.807, 2.05) is 30.3 Å². The topological polar surface area (TPSA) is 59.8 Å². The lowest BCUT2D eigenvalue weighted by Crippen LogP contribution is -2.35. The number of carbonyl (C=O) groups excluding carboxylic acids is 1. The van der Waals surface area contributed by atoms with Gasteiger partial charge in [-0.05, 0) is 43.5 Å². The van der Waals surface area contributed by atoms with Crippen LogP contribution in [-0.2, 0) is 11.2 Å². The number of aromatic nitrogens is 3. The molecule has 1 fully saturated rings. The number of amides is 1. The highest BCUT2D eigenvalue weighted by Gasteiger charge is 2.16. The fourth-order valence-corrected chi connectivity index (χ4v) is 4.28. The lowest BCUT2D eigenvalue weighted by Gasteiger charge is -2.21. The maximum absolute atomic E-state index is 12.5. The summed E-state index contributed by atoms with van der Waals surface area (Å²) in [7, 11) is 0. The normalized spacial score (nSPS) is 15.7. The number of fused-ring (bicyclic) bond motifs is 1. The second-order valence-electron chi connectivity index (χ2n) is 8.01. The van der Waals surface area contributed by atoms with Crippen LogP contribution >= 0.6 is 0 Å². The minimum atomic E-state index is 0.177. The molecule has 1 saturated carbocycles. The molecule has 29 heavy (non-hydrogen) atoms. The molecule has 0 unspecified atom stereocenters. The smallest absolute Gasteiger partial charge is 0.220 e. The van der Waals surface area contributed by atoms with Crippen LogP contribution < -0.4 is 5.32 Å². The van der Waals surface area contributed by atoms with Crippen molar-refractivity contribution in [2.45, 2.75) is 70.3 Å². The number of imidazole rings is 1. The summed E-state index contributed by atoms with van der Waals surface area (Å²) in [6, 6.07) is 14.5. The fourth-order valence-electron chi connectivity index (χ4n) is 4.28. The van der Waals surface area contributed by atoms with E-state index in [0.29, 0.717) is 12.5 Å². The third-order valence-electron chi connectivity index (χ3n) is 5.77. The zero-order chi connectivity index (χ0) is 19.9.